The van der Waals surface area contributed by atoms with Crippen molar-refractivity contribution in [2.75, 3.05) is 7.05 Å². The molecule has 1 N–H and O–H groups in total. The molecule has 21 heavy (non-hydrogen) atoms. The largest absolute Gasteiger partial charge is 0.343 e. The molecule has 3 rings (SSSR count). The van der Waals surface area contributed by atoms with Crippen molar-refractivity contribution in [2.45, 2.75) is 13.1 Å². The van der Waals surface area contributed by atoms with E-state index in [1.54, 1.807) is 6.20 Å². The van der Waals surface area contributed by atoms with Crippen LogP contribution in [0, 0.1) is 11.3 Å². The smallest absolute Gasteiger partial charge is 0.145 e. The van der Waals surface area contributed by atoms with Gasteiger partial charge in [-0.1, -0.05) is 18.2 Å². The number of nitrogens with zero attached hydrogens (tertiary/aromatic N) is 3. The van der Waals surface area contributed by atoms with E-state index in [0.717, 1.165) is 12.1 Å². The van der Waals surface area contributed by atoms with E-state index in [1.165, 1.54) is 16.5 Å². The Morgan fingerprint density at radius 1 is 1.29 bits per heavy atom. The number of aromatic nitrogens is 2. The summed E-state index contributed by atoms with van der Waals surface area (Å²) in [6.45, 7) is 1.50. The van der Waals surface area contributed by atoms with Crippen molar-refractivity contribution in [2.24, 2.45) is 0 Å². The van der Waals surface area contributed by atoms with Crippen LogP contribution >= 0.6 is 0 Å². The third-order valence-corrected chi connectivity index (χ3v) is 3.56. The fourth-order valence-electron chi connectivity index (χ4n) is 2.53. The monoisotopic (exact) mass is 276 g/mol. The van der Waals surface area contributed by atoms with Gasteiger partial charge in [0.25, 0.3) is 0 Å². The Kier molecular flexibility index (Phi) is 3.67. The maximum atomic E-state index is 9.14. The van der Waals surface area contributed by atoms with Gasteiger partial charge in [0.05, 0.1) is 6.54 Å². The molecule has 0 aliphatic carbocycles. The molecule has 0 radical (unpaired) electrons. The molecule has 3 aromatic rings. The summed E-state index contributed by atoms with van der Waals surface area (Å²) in [6, 6.07) is 14.5. The van der Waals surface area contributed by atoms with E-state index in [0.29, 0.717) is 12.2 Å². The number of pyridine rings is 1. The Bertz CT molecular complexity index is 811. The van der Waals surface area contributed by atoms with Gasteiger partial charge >= 0.3 is 0 Å². The van der Waals surface area contributed by atoms with Crippen LogP contribution in [0.25, 0.3) is 10.9 Å². The zero-order valence-electron chi connectivity index (χ0n) is 11.9. The van der Waals surface area contributed by atoms with Gasteiger partial charge in [0.2, 0.25) is 0 Å². The number of benzene rings is 1. The standard InChI is InChI=1S/C17H16N4/c1-19-11-13-4-5-14-6-8-21(17(14)9-13)12-15-3-2-7-20-16(15)10-18/h2-9,19H,11-12H2,1H3. The maximum absolute atomic E-state index is 9.14. The highest BCUT2D eigenvalue weighted by Gasteiger charge is 2.06. The van der Waals surface area contributed by atoms with Crippen molar-refractivity contribution in [1.29, 1.82) is 5.26 Å². The molecular weight excluding hydrogens is 260 g/mol. The Hall–Kier alpha value is -2.64. The normalized spacial score (nSPS) is 10.7. The molecule has 0 atom stereocenters. The Morgan fingerprint density at radius 3 is 3.00 bits per heavy atom. The fraction of sp³-hybridized carbons (Fsp3) is 0.176. The van der Waals surface area contributed by atoms with Crippen LogP contribution in [0.5, 0.6) is 0 Å². The minimum Gasteiger partial charge on any atom is -0.343 e. The summed E-state index contributed by atoms with van der Waals surface area (Å²) in [5, 5.41) is 13.5. The number of nitrogens with one attached hydrogen (secondary N) is 1. The molecule has 0 fully saturated rings. The molecule has 4 heteroatoms. The summed E-state index contributed by atoms with van der Waals surface area (Å²) >= 11 is 0. The third kappa shape index (κ3) is 2.64. The van der Waals surface area contributed by atoms with Crippen LogP contribution in [-0.4, -0.2) is 16.6 Å². The summed E-state index contributed by atoms with van der Waals surface area (Å²) in [6.07, 6.45) is 3.71. The summed E-state index contributed by atoms with van der Waals surface area (Å²) in [7, 11) is 1.94. The van der Waals surface area contributed by atoms with E-state index in [1.807, 2.05) is 19.2 Å². The number of nitriles is 1. The van der Waals surface area contributed by atoms with Crippen LogP contribution in [0.1, 0.15) is 16.8 Å². The first kappa shape index (κ1) is 13.3. The van der Waals surface area contributed by atoms with Crippen LogP contribution in [0.2, 0.25) is 0 Å². The molecular formula is C17H16N4. The van der Waals surface area contributed by atoms with Crippen molar-refractivity contribution in [1.82, 2.24) is 14.9 Å². The van der Waals surface area contributed by atoms with Gasteiger partial charge in [-0.05, 0) is 36.2 Å². The SMILES string of the molecule is CNCc1ccc2ccn(Cc3cccnc3C#N)c2c1. The second-order valence-corrected chi connectivity index (χ2v) is 4.99. The zero-order chi connectivity index (χ0) is 14.7. The van der Waals surface area contributed by atoms with Gasteiger partial charge in [-0.25, -0.2) is 4.98 Å². The second kappa shape index (κ2) is 5.78. The lowest BCUT2D eigenvalue weighted by molar-refractivity contribution is 0.810. The first-order valence-corrected chi connectivity index (χ1v) is 6.88. The van der Waals surface area contributed by atoms with Crippen LogP contribution < -0.4 is 5.32 Å². The Balaban J connectivity index is 2.00. The van der Waals surface area contributed by atoms with Crippen molar-refractivity contribution in [3.8, 4) is 6.07 Å². The average molecular weight is 276 g/mol. The Labute approximate surface area is 123 Å². The van der Waals surface area contributed by atoms with Crippen molar-refractivity contribution < 1.29 is 0 Å². The highest BCUT2D eigenvalue weighted by atomic mass is 15.0. The lowest BCUT2D eigenvalue weighted by atomic mass is 10.1. The summed E-state index contributed by atoms with van der Waals surface area (Å²) < 4.78 is 2.16. The highest BCUT2D eigenvalue weighted by molar-refractivity contribution is 5.81. The second-order valence-electron chi connectivity index (χ2n) is 4.99. The molecule has 0 aliphatic rings. The molecule has 0 unspecified atom stereocenters. The quantitative estimate of drug-likeness (QED) is 0.797. The average Bonchev–Trinajstić information content (AvgIpc) is 2.91. The summed E-state index contributed by atoms with van der Waals surface area (Å²) in [5.74, 6) is 0. The van der Waals surface area contributed by atoms with E-state index in [4.69, 9.17) is 5.26 Å². The van der Waals surface area contributed by atoms with Gasteiger partial charge in [0, 0.05) is 30.0 Å². The molecule has 0 aliphatic heterocycles. The van der Waals surface area contributed by atoms with Crippen LogP contribution in [0.15, 0.2) is 48.8 Å². The van der Waals surface area contributed by atoms with Gasteiger partial charge in [0.15, 0.2) is 0 Å². The number of hydrogen-bond acceptors (Lipinski definition) is 3. The van der Waals surface area contributed by atoms with E-state index in [9.17, 15) is 0 Å². The molecule has 0 saturated carbocycles. The van der Waals surface area contributed by atoms with Gasteiger partial charge in [-0.3, -0.25) is 0 Å². The van der Waals surface area contributed by atoms with Crippen LogP contribution in [-0.2, 0) is 13.1 Å². The summed E-state index contributed by atoms with van der Waals surface area (Å²) in [4.78, 5) is 4.12. The van der Waals surface area contributed by atoms with Gasteiger partial charge in [-0.15, -0.1) is 0 Å². The fourth-order valence-corrected chi connectivity index (χ4v) is 2.53. The maximum Gasteiger partial charge on any atom is 0.145 e. The molecule has 0 bridgehead atoms. The first-order chi connectivity index (χ1) is 10.3. The minimum atomic E-state index is 0.491. The number of fused-ring (bicyclic) bond motifs is 1. The first-order valence-electron chi connectivity index (χ1n) is 6.88. The molecule has 0 saturated heterocycles. The van der Waals surface area contributed by atoms with E-state index in [-0.39, 0.29) is 0 Å². The van der Waals surface area contributed by atoms with Gasteiger partial charge < -0.3 is 9.88 Å². The van der Waals surface area contributed by atoms with Crippen LogP contribution in [0.4, 0.5) is 0 Å². The lowest BCUT2D eigenvalue weighted by Gasteiger charge is -2.08. The third-order valence-electron chi connectivity index (χ3n) is 3.56. The van der Waals surface area contributed by atoms with Crippen molar-refractivity contribution in [3.05, 3.63) is 65.6 Å². The topological polar surface area (TPSA) is 53.6 Å². The van der Waals surface area contributed by atoms with E-state index in [2.05, 4.69) is 51.4 Å². The lowest BCUT2D eigenvalue weighted by Crippen LogP contribution is -2.05. The predicted octanol–water partition coefficient (Wildman–Crippen LogP) is 2.68. The molecule has 0 spiro atoms. The zero-order valence-corrected chi connectivity index (χ0v) is 11.9. The molecule has 4 nitrogen and oxygen atoms in total. The van der Waals surface area contributed by atoms with Crippen molar-refractivity contribution >= 4 is 10.9 Å². The predicted molar refractivity (Wildman–Crippen MR) is 82.8 cm³/mol. The number of rotatable bonds is 4. The van der Waals surface area contributed by atoms with Crippen molar-refractivity contribution in [3.63, 3.8) is 0 Å². The molecule has 104 valence electrons. The number of hydrogen-bond donors (Lipinski definition) is 1. The highest BCUT2D eigenvalue weighted by Crippen LogP contribution is 2.19. The summed E-state index contributed by atoms with van der Waals surface area (Å²) in [5.41, 5.74) is 3.86. The minimum absolute atomic E-state index is 0.491. The molecule has 2 heterocycles. The van der Waals surface area contributed by atoms with Crippen LogP contribution in [0.3, 0.4) is 0 Å². The van der Waals surface area contributed by atoms with Gasteiger partial charge in [-0.2, -0.15) is 5.26 Å². The Morgan fingerprint density at radius 2 is 2.19 bits per heavy atom. The molecule has 1 aromatic carbocycles. The van der Waals surface area contributed by atoms with Gasteiger partial charge in [0.1, 0.15) is 11.8 Å². The molecule has 0 amide bonds. The van der Waals surface area contributed by atoms with E-state index >= 15 is 0 Å². The molecule has 2 aromatic heterocycles. The van der Waals surface area contributed by atoms with E-state index < -0.39 is 0 Å².